The summed E-state index contributed by atoms with van der Waals surface area (Å²) in [7, 11) is 0. The highest BCUT2D eigenvalue weighted by Gasteiger charge is 2.64. The molecule has 4 aliphatic rings. The molecule has 0 bridgehead atoms. The maximum atomic E-state index is 11.7. The van der Waals surface area contributed by atoms with Crippen molar-refractivity contribution in [3.05, 3.63) is 35.9 Å². The molecular formula is C27H36O2. The first-order chi connectivity index (χ1) is 13.9. The van der Waals surface area contributed by atoms with Gasteiger partial charge in [-0.05, 0) is 99.0 Å². The molecule has 1 aromatic rings. The summed E-state index contributed by atoms with van der Waals surface area (Å²) in [5.41, 5.74) is 0.433. The average molecular weight is 393 g/mol. The Hall–Kier alpha value is -1.30. The predicted molar refractivity (Wildman–Crippen MR) is 116 cm³/mol. The minimum atomic E-state index is -0.862. The minimum absolute atomic E-state index is 0.0803. The van der Waals surface area contributed by atoms with Crippen LogP contribution in [0.4, 0.5) is 0 Å². The Bertz CT molecular complexity index is 822. The largest absolute Gasteiger partial charge is 0.393 e. The van der Waals surface area contributed by atoms with Crippen LogP contribution >= 0.6 is 0 Å². The highest BCUT2D eigenvalue weighted by atomic mass is 16.3. The van der Waals surface area contributed by atoms with Gasteiger partial charge in [0.1, 0.15) is 5.60 Å². The monoisotopic (exact) mass is 392 g/mol. The second-order valence-corrected chi connectivity index (χ2v) is 11.1. The van der Waals surface area contributed by atoms with Gasteiger partial charge in [-0.3, -0.25) is 0 Å². The van der Waals surface area contributed by atoms with E-state index in [0.717, 1.165) is 49.5 Å². The van der Waals surface area contributed by atoms with Crippen molar-refractivity contribution in [1.82, 2.24) is 0 Å². The van der Waals surface area contributed by atoms with Gasteiger partial charge in [0, 0.05) is 11.0 Å². The minimum Gasteiger partial charge on any atom is -0.393 e. The normalized spacial score (nSPS) is 48.6. The molecule has 4 fully saturated rings. The van der Waals surface area contributed by atoms with Gasteiger partial charge in [0.2, 0.25) is 0 Å². The molecule has 0 saturated heterocycles. The molecule has 0 radical (unpaired) electrons. The first-order valence-corrected chi connectivity index (χ1v) is 11.8. The third kappa shape index (κ3) is 2.92. The zero-order chi connectivity index (χ0) is 20.3. The summed E-state index contributed by atoms with van der Waals surface area (Å²) >= 11 is 0. The van der Waals surface area contributed by atoms with Crippen LogP contribution in [-0.4, -0.2) is 21.9 Å². The van der Waals surface area contributed by atoms with Gasteiger partial charge in [-0.15, -0.1) is 0 Å². The predicted octanol–water partition coefficient (Wildman–Crippen LogP) is 5.17. The molecule has 2 N–H and O–H groups in total. The zero-order valence-corrected chi connectivity index (χ0v) is 18.0. The molecule has 7 unspecified atom stereocenters. The van der Waals surface area contributed by atoms with Crippen molar-refractivity contribution in [3.8, 4) is 11.8 Å². The third-order valence-electron chi connectivity index (χ3n) is 9.98. The van der Waals surface area contributed by atoms with Gasteiger partial charge < -0.3 is 10.2 Å². The fraction of sp³-hybridized carbons (Fsp3) is 0.704. The number of rotatable bonds is 0. The lowest BCUT2D eigenvalue weighted by atomic mass is 9.44. The van der Waals surface area contributed by atoms with E-state index in [2.05, 4.69) is 25.7 Å². The topological polar surface area (TPSA) is 40.5 Å². The number of aliphatic hydroxyl groups excluding tert-OH is 1. The van der Waals surface area contributed by atoms with Crippen LogP contribution in [-0.2, 0) is 0 Å². The molecule has 2 heteroatoms. The average Bonchev–Trinajstić information content (AvgIpc) is 2.99. The van der Waals surface area contributed by atoms with Gasteiger partial charge in [0.25, 0.3) is 0 Å². The Labute approximate surface area is 176 Å². The van der Waals surface area contributed by atoms with E-state index in [0.29, 0.717) is 17.3 Å². The van der Waals surface area contributed by atoms with E-state index in [4.69, 9.17) is 0 Å². The van der Waals surface area contributed by atoms with E-state index in [1.54, 1.807) is 0 Å². The fourth-order valence-corrected chi connectivity index (χ4v) is 8.15. The standard InChI is InChI=1S/C27H36O2/c1-25-14-11-21(28)18-20(25)8-9-22-23(25)12-15-26(2)24(22)13-17-27(26,29)16-10-19-6-4-3-5-7-19/h3-7,20-24,28-29H,8-9,11-15,17-18H2,1-2H3/t20?,21?,22?,23?,24?,25?,26?,27-/m1/s1. The van der Waals surface area contributed by atoms with Crippen molar-refractivity contribution >= 4 is 0 Å². The molecule has 2 nitrogen and oxygen atoms in total. The number of hydrogen-bond acceptors (Lipinski definition) is 2. The van der Waals surface area contributed by atoms with E-state index >= 15 is 0 Å². The van der Waals surface area contributed by atoms with E-state index < -0.39 is 5.60 Å². The molecular weight excluding hydrogens is 356 g/mol. The lowest BCUT2D eigenvalue weighted by molar-refractivity contribution is -0.144. The Kier molecular flexibility index (Phi) is 4.65. The molecule has 0 aliphatic heterocycles. The highest BCUT2D eigenvalue weighted by molar-refractivity contribution is 5.38. The molecule has 4 saturated carbocycles. The Balaban J connectivity index is 1.42. The smallest absolute Gasteiger partial charge is 0.131 e. The van der Waals surface area contributed by atoms with Crippen molar-refractivity contribution in [2.75, 3.05) is 0 Å². The van der Waals surface area contributed by atoms with Crippen LogP contribution < -0.4 is 0 Å². The van der Waals surface area contributed by atoms with Crippen LogP contribution in [0.2, 0.25) is 0 Å². The molecule has 29 heavy (non-hydrogen) atoms. The van der Waals surface area contributed by atoms with Crippen LogP contribution in [0.3, 0.4) is 0 Å². The molecule has 156 valence electrons. The summed E-state index contributed by atoms with van der Waals surface area (Å²) in [6.45, 7) is 4.86. The first kappa shape index (κ1) is 19.7. The van der Waals surface area contributed by atoms with Gasteiger partial charge >= 0.3 is 0 Å². The Morgan fingerprint density at radius 1 is 0.897 bits per heavy atom. The quantitative estimate of drug-likeness (QED) is 0.598. The van der Waals surface area contributed by atoms with Crippen molar-refractivity contribution in [1.29, 1.82) is 0 Å². The third-order valence-corrected chi connectivity index (χ3v) is 9.98. The fourth-order valence-electron chi connectivity index (χ4n) is 8.15. The number of aliphatic hydroxyl groups is 2. The molecule has 1 aromatic carbocycles. The lowest BCUT2D eigenvalue weighted by Gasteiger charge is -2.61. The molecule has 5 rings (SSSR count). The second kappa shape index (κ2) is 6.86. The van der Waals surface area contributed by atoms with E-state index in [-0.39, 0.29) is 11.5 Å². The molecule has 0 amide bonds. The molecule has 8 atom stereocenters. The molecule has 0 spiro atoms. The summed E-state index contributed by atoms with van der Waals surface area (Å²) in [6, 6.07) is 10.1. The molecule has 0 heterocycles. The van der Waals surface area contributed by atoms with Crippen molar-refractivity contribution in [3.63, 3.8) is 0 Å². The maximum absolute atomic E-state index is 11.7. The summed E-state index contributed by atoms with van der Waals surface area (Å²) in [5, 5.41) is 21.9. The van der Waals surface area contributed by atoms with Crippen LogP contribution in [0.1, 0.15) is 77.2 Å². The van der Waals surface area contributed by atoms with Crippen LogP contribution in [0.5, 0.6) is 0 Å². The number of hydrogen-bond donors (Lipinski definition) is 2. The summed E-state index contributed by atoms with van der Waals surface area (Å²) in [4.78, 5) is 0. The molecule has 4 aliphatic carbocycles. The van der Waals surface area contributed by atoms with Gasteiger partial charge in [-0.1, -0.05) is 43.9 Å². The lowest BCUT2D eigenvalue weighted by Crippen LogP contribution is -2.56. The second-order valence-electron chi connectivity index (χ2n) is 11.1. The van der Waals surface area contributed by atoms with E-state index in [1.807, 2.05) is 30.3 Å². The zero-order valence-electron chi connectivity index (χ0n) is 18.0. The Morgan fingerprint density at radius 3 is 2.45 bits per heavy atom. The van der Waals surface area contributed by atoms with Gasteiger partial charge in [-0.2, -0.15) is 0 Å². The van der Waals surface area contributed by atoms with E-state index in [9.17, 15) is 10.2 Å². The van der Waals surface area contributed by atoms with Crippen molar-refractivity contribution < 1.29 is 10.2 Å². The first-order valence-electron chi connectivity index (χ1n) is 11.8. The van der Waals surface area contributed by atoms with Crippen LogP contribution in [0.25, 0.3) is 0 Å². The van der Waals surface area contributed by atoms with Gasteiger partial charge in [0.15, 0.2) is 0 Å². The maximum Gasteiger partial charge on any atom is 0.131 e. The highest BCUT2D eigenvalue weighted by Crippen LogP contribution is 2.68. The summed E-state index contributed by atoms with van der Waals surface area (Å²) < 4.78 is 0. The van der Waals surface area contributed by atoms with Crippen molar-refractivity contribution in [2.24, 2.45) is 34.5 Å². The SMILES string of the molecule is CC12CCC(O)CC1CCC1C2CCC2(C)C1CC[C@]2(O)C#Cc1ccccc1. The van der Waals surface area contributed by atoms with Gasteiger partial charge in [-0.25, -0.2) is 0 Å². The van der Waals surface area contributed by atoms with Crippen LogP contribution in [0, 0.1) is 46.3 Å². The van der Waals surface area contributed by atoms with E-state index in [1.165, 1.54) is 25.7 Å². The summed E-state index contributed by atoms with van der Waals surface area (Å²) in [6.07, 6.45) is 9.86. The van der Waals surface area contributed by atoms with Crippen molar-refractivity contribution in [2.45, 2.75) is 83.3 Å². The number of fused-ring (bicyclic) bond motifs is 5. The number of benzene rings is 1. The summed E-state index contributed by atoms with van der Waals surface area (Å²) in [5.74, 6) is 9.40. The molecule has 0 aromatic heterocycles. The van der Waals surface area contributed by atoms with Crippen LogP contribution in [0.15, 0.2) is 30.3 Å². The van der Waals surface area contributed by atoms with Gasteiger partial charge in [0.05, 0.1) is 6.10 Å². The Morgan fingerprint density at radius 2 is 1.66 bits per heavy atom.